The molecule has 0 spiro atoms. The van der Waals surface area contributed by atoms with Gasteiger partial charge in [-0.1, -0.05) is 0 Å². The van der Waals surface area contributed by atoms with Crippen LogP contribution in [-0.4, -0.2) is 4.57 Å². The van der Waals surface area contributed by atoms with Crippen LogP contribution in [0.5, 0.6) is 0 Å². The van der Waals surface area contributed by atoms with Crippen LogP contribution in [0.25, 0.3) is 0 Å². The van der Waals surface area contributed by atoms with Crippen LogP contribution in [0.4, 0.5) is 0 Å². The van der Waals surface area contributed by atoms with Crippen molar-refractivity contribution in [2.45, 2.75) is 13.5 Å². The molecule has 2 heterocycles. The lowest BCUT2D eigenvalue weighted by atomic mass is 10.3. The van der Waals surface area contributed by atoms with Crippen LogP contribution in [-0.2, 0) is 6.54 Å². The van der Waals surface area contributed by atoms with Crippen LogP contribution in [0, 0.1) is 6.92 Å². The summed E-state index contributed by atoms with van der Waals surface area (Å²) < 4.78 is 7.62. The third-order valence-electron chi connectivity index (χ3n) is 2.11. The van der Waals surface area contributed by atoms with Crippen molar-refractivity contribution in [1.82, 2.24) is 4.57 Å². The van der Waals surface area contributed by atoms with Gasteiger partial charge >= 0.3 is 0 Å². The molecule has 78 valence electrons. The second-order valence-corrected chi connectivity index (χ2v) is 4.16. The maximum atomic E-state index is 11.6. The highest BCUT2D eigenvalue weighted by Gasteiger charge is 2.02. The van der Waals surface area contributed by atoms with E-state index >= 15 is 0 Å². The lowest BCUT2D eigenvalue weighted by Gasteiger charge is -2.02. The third kappa shape index (κ3) is 2.39. The molecule has 0 aliphatic carbocycles. The second-order valence-electron chi connectivity index (χ2n) is 3.38. The van der Waals surface area contributed by atoms with Crippen molar-refractivity contribution in [2.24, 2.45) is 0 Å². The molecule has 0 unspecified atom stereocenters. The zero-order chi connectivity index (χ0) is 10.8. The number of hydrogen-bond donors (Lipinski definition) is 0. The molecule has 0 amide bonds. The number of aromatic nitrogens is 1. The summed E-state index contributed by atoms with van der Waals surface area (Å²) in [4.78, 5) is 11.6. The van der Waals surface area contributed by atoms with Gasteiger partial charge in [-0.3, -0.25) is 4.79 Å². The van der Waals surface area contributed by atoms with Gasteiger partial charge in [-0.05, 0) is 46.6 Å². The van der Waals surface area contributed by atoms with Crippen molar-refractivity contribution in [1.29, 1.82) is 0 Å². The van der Waals surface area contributed by atoms with E-state index in [9.17, 15) is 4.79 Å². The van der Waals surface area contributed by atoms with E-state index in [1.807, 2.05) is 25.1 Å². The number of aryl methyl sites for hydroxylation is 1. The SMILES string of the molecule is Cc1ccn(Cc2ccc(Br)o2)c(=O)c1. The molecule has 15 heavy (non-hydrogen) atoms. The van der Waals surface area contributed by atoms with Gasteiger partial charge in [0.2, 0.25) is 0 Å². The molecule has 0 fully saturated rings. The van der Waals surface area contributed by atoms with E-state index in [1.54, 1.807) is 16.8 Å². The molecule has 0 radical (unpaired) electrons. The predicted molar refractivity (Wildman–Crippen MR) is 60.9 cm³/mol. The van der Waals surface area contributed by atoms with E-state index in [-0.39, 0.29) is 5.56 Å². The topological polar surface area (TPSA) is 35.1 Å². The molecule has 0 aliphatic heterocycles. The van der Waals surface area contributed by atoms with Crippen molar-refractivity contribution in [3.63, 3.8) is 0 Å². The minimum Gasteiger partial charge on any atom is -0.452 e. The van der Waals surface area contributed by atoms with Gasteiger partial charge < -0.3 is 8.98 Å². The van der Waals surface area contributed by atoms with Crippen LogP contribution in [0.15, 0.2) is 44.3 Å². The van der Waals surface area contributed by atoms with E-state index in [4.69, 9.17) is 4.42 Å². The van der Waals surface area contributed by atoms with E-state index in [0.29, 0.717) is 11.2 Å². The molecule has 2 aromatic heterocycles. The lowest BCUT2D eigenvalue weighted by molar-refractivity contribution is 0.471. The normalized spacial score (nSPS) is 10.5. The van der Waals surface area contributed by atoms with Crippen molar-refractivity contribution in [3.8, 4) is 0 Å². The number of nitrogens with zero attached hydrogens (tertiary/aromatic N) is 1. The van der Waals surface area contributed by atoms with Crippen LogP contribution in [0.3, 0.4) is 0 Å². The molecular formula is C11H10BrNO2. The highest BCUT2D eigenvalue weighted by atomic mass is 79.9. The van der Waals surface area contributed by atoms with E-state index in [0.717, 1.165) is 11.3 Å². The average Bonchev–Trinajstić information content (AvgIpc) is 2.56. The summed E-state index contributed by atoms with van der Waals surface area (Å²) in [5, 5.41) is 0. The predicted octanol–water partition coefficient (Wildman–Crippen LogP) is 2.56. The van der Waals surface area contributed by atoms with Gasteiger partial charge in [-0.2, -0.15) is 0 Å². The summed E-state index contributed by atoms with van der Waals surface area (Å²) in [6.45, 7) is 2.36. The smallest absolute Gasteiger partial charge is 0.251 e. The molecule has 0 atom stereocenters. The molecule has 0 bridgehead atoms. The number of hydrogen-bond acceptors (Lipinski definition) is 2. The molecule has 2 rings (SSSR count). The number of halogens is 1. The molecule has 3 nitrogen and oxygen atoms in total. The second kappa shape index (κ2) is 4.06. The first kappa shape index (κ1) is 10.2. The Morgan fingerprint density at radius 3 is 2.80 bits per heavy atom. The van der Waals surface area contributed by atoms with E-state index in [2.05, 4.69) is 15.9 Å². The van der Waals surface area contributed by atoms with E-state index in [1.165, 1.54) is 0 Å². The standard InChI is InChI=1S/C11H10BrNO2/c1-8-4-5-13(11(14)6-8)7-9-2-3-10(12)15-9/h2-6H,7H2,1H3. The van der Waals surface area contributed by atoms with Crippen LogP contribution < -0.4 is 5.56 Å². The van der Waals surface area contributed by atoms with E-state index < -0.39 is 0 Å². The van der Waals surface area contributed by atoms with Crippen molar-refractivity contribution < 1.29 is 4.42 Å². The number of pyridine rings is 1. The monoisotopic (exact) mass is 267 g/mol. The molecule has 2 aromatic rings. The number of rotatable bonds is 2. The van der Waals surface area contributed by atoms with Crippen LogP contribution in [0.2, 0.25) is 0 Å². The molecule has 0 aliphatic rings. The van der Waals surface area contributed by atoms with Gasteiger partial charge in [-0.15, -0.1) is 0 Å². The Kier molecular flexibility index (Phi) is 2.77. The largest absolute Gasteiger partial charge is 0.452 e. The molecule has 0 saturated heterocycles. The molecule has 0 N–H and O–H groups in total. The fourth-order valence-corrected chi connectivity index (χ4v) is 1.68. The Morgan fingerprint density at radius 1 is 1.40 bits per heavy atom. The van der Waals surface area contributed by atoms with Gasteiger partial charge in [-0.25, -0.2) is 0 Å². The summed E-state index contributed by atoms with van der Waals surface area (Å²) in [7, 11) is 0. The van der Waals surface area contributed by atoms with Gasteiger partial charge in [0.15, 0.2) is 4.67 Å². The first-order chi connectivity index (χ1) is 7.15. The highest BCUT2D eigenvalue weighted by Crippen LogP contribution is 2.14. The fraction of sp³-hybridized carbons (Fsp3) is 0.182. The summed E-state index contributed by atoms with van der Waals surface area (Å²) >= 11 is 3.22. The minimum absolute atomic E-state index is 0.0116. The fourth-order valence-electron chi connectivity index (χ4n) is 1.34. The quantitative estimate of drug-likeness (QED) is 0.839. The van der Waals surface area contributed by atoms with Gasteiger partial charge in [0.25, 0.3) is 5.56 Å². The van der Waals surface area contributed by atoms with Crippen molar-refractivity contribution in [2.75, 3.05) is 0 Å². The van der Waals surface area contributed by atoms with Gasteiger partial charge in [0, 0.05) is 12.3 Å². The minimum atomic E-state index is -0.0116. The molecule has 4 heteroatoms. The Labute approximate surface area is 95.5 Å². The molecule has 0 saturated carbocycles. The Balaban J connectivity index is 2.28. The van der Waals surface area contributed by atoms with Gasteiger partial charge in [0.05, 0.1) is 6.54 Å². The first-order valence-corrected chi connectivity index (χ1v) is 5.36. The van der Waals surface area contributed by atoms with Gasteiger partial charge in [0.1, 0.15) is 5.76 Å². The zero-order valence-electron chi connectivity index (χ0n) is 8.24. The Morgan fingerprint density at radius 2 is 2.20 bits per heavy atom. The summed E-state index contributed by atoms with van der Waals surface area (Å²) in [6, 6.07) is 7.17. The number of furan rings is 1. The third-order valence-corrected chi connectivity index (χ3v) is 2.53. The van der Waals surface area contributed by atoms with Crippen LogP contribution >= 0.6 is 15.9 Å². The maximum absolute atomic E-state index is 11.6. The Hall–Kier alpha value is -1.29. The summed E-state index contributed by atoms with van der Waals surface area (Å²) in [5.41, 5.74) is 0.958. The van der Waals surface area contributed by atoms with Crippen LogP contribution in [0.1, 0.15) is 11.3 Å². The average molecular weight is 268 g/mol. The van der Waals surface area contributed by atoms with Crippen molar-refractivity contribution in [3.05, 3.63) is 56.8 Å². The zero-order valence-corrected chi connectivity index (χ0v) is 9.82. The Bertz CT molecular complexity index is 527. The maximum Gasteiger partial charge on any atom is 0.251 e. The summed E-state index contributed by atoms with van der Waals surface area (Å²) in [6.07, 6.45) is 1.77. The van der Waals surface area contributed by atoms with Crippen molar-refractivity contribution >= 4 is 15.9 Å². The highest BCUT2D eigenvalue weighted by molar-refractivity contribution is 9.10. The molecular weight excluding hydrogens is 258 g/mol. The lowest BCUT2D eigenvalue weighted by Crippen LogP contribution is -2.18. The summed E-state index contributed by atoms with van der Waals surface area (Å²) in [5.74, 6) is 0.757. The first-order valence-electron chi connectivity index (χ1n) is 4.56. The molecule has 0 aromatic carbocycles.